The Hall–Kier alpha value is -3.34. The lowest BCUT2D eigenvalue weighted by atomic mass is 10.2. The predicted molar refractivity (Wildman–Crippen MR) is 107 cm³/mol. The van der Waals surface area contributed by atoms with E-state index in [9.17, 15) is 23.3 Å². The first-order valence-corrected chi connectivity index (χ1v) is 10.2. The molecule has 28 heavy (non-hydrogen) atoms. The van der Waals surface area contributed by atoms with Gasteiger partial charge < -0.3 is 16.0 Å². The van der Waals surface area contributed by atoms with Gasteiger partial charge in [-0.25, -0.2) is 13.2 Å². The van der Waals surface area contributed by atoms with Gasteiger partial charge in [0.2, 0.25) is 10.0 Å². The zero-order chi connectivity index (χ0) is 20.6. The van der Waals surface area contributed by atoms with E-state index in [2.05, 4.69) is 20.7 Å². The molecular formula is C17H21N5O5S. The molecular weight excluding hydrogens is 386 g/mol. The molecule has 0 atom stereocenters. The molecule has 0 aromatic heterocycles. The van der Waals surface area contributed by atoms with Crippen LogP contribution in [0.4, 0.5) is 21.9 Å². The van der Waals surface area contributed by atoms with Gasteiger partial charge >= 0.3 is 6.03 Å². The summed E-state index contributed by atoms with van der Waals surface area (Å²) in [6.07, 6.45) is 1.07. The molecule has 0 spiro atoms. The Balaban J connectivity index is 1.70. The number of carbonyl (C=O) groups is 1. The maximum Gasteiger partial charge on any atom is 0.315 e. The molecule has 0 unspecified atom stereocenters. The molecule has 2 rings (SSSR count). The number of sulfonamides is 1. The third-order valence-electron chi connectivity index (χ3n) is 3.50. The third kappa shape index (κ3) is 7.50. The first-order valence-electron chi connectivity index (χ1n) is 8.30. The highest BCUT2D eigenvalue weighted by Crippen LogP contribution is 2.15. The molecule has 2 aromatic carbocycles. The van der Waals surface area contributed by atoms with Crippen molar-refractivity contribution in [2.45, 2.75) is 6.54 Å². The van der Waals surface area contributed by atoms with Crippen LogP contribution >= 0.6 is 0 Å². The maximum atomic E-state index is 11.8. The molecule has 150 valence electrons. The van der Waals surface area contributed by atoms with E-state index in [-0.39, 0.29) is 18.3 Å². The first kappa shape index (κ1) is 21.0. The number of benzene rings is 2. The molecule has 10 nitrogen and oxygen atoms in total. The molecule has 2 amide bonds. The number of nitrogens with one attached hydrogen (secondary N) is 4. The fraction of sp³-hybridized carbons (Fsp3) is 0.235. The van der Waals surface area contributed by atoms with Crippen LogP contribution in [0.1, 0.15) is 5.56 Å². The van der Waals surface area contributed by atoms with E-state index >= 15 is 0 Å². The van der Waals surface area contributed by atoms with Crippen LogP contribution in [0.2, 0.25) is 0 Å². The van der Waals surface area contributed by atoms with Gasteiger partial charge in [0.15, 0.2) is 0 Å². The van der Waals surface area contributed by atoms with Crippen LogP contribution in [-0.2, 0) is 16.6 Å². The van der Waals surface area contributed by atoms with Gasteiger partial charge in [0.05, 0.1) is 11.2 Å². The van der Waals surface area contributed by atoms with Gasteiger partial charge in [-0.3, -0.25) is 14.8 Å². The standard InChI is InChI=1S/C17H21N5O5S/c1-28(26,27)21-15-4-2-3-13(11-15)12-20-17(23)19-10-9-18-14-5-7-16(8-6-14)22(24)25/h2-8,11,18,21H,9-10,12H2,1H3,(H2,19,20,23). The fourth-order valence-corrected chi connectivity index (χ4v) is 2.84. The van der Waals surface area contributed by atoms with Crippen LogP contribution in [0.15, 0.2) is 48.5 Å². The molecule has 0 radical (unpaired) electrons. The van der Waals surface area contributed by atoms with Gasteiger partial charge in [0, 0.05) is 43.1 Å². The van der Waals surface area contributed by atoms with Crippen molar-refractivity contribution < 1.29 is 18.1 Å². The number of anilines is 2. The lowest BCUT2D eigenvalue weighted by Gasteiger charge is -2.10. The summed E-state index contributed by atoms with van der Waals surface area (Å²) in [5, 5.41) is 19.0. The fourth-order valence-electron chi connectivity index (χ4n) is 2.29. The van der Waals surface area contributed by atoms with Gasteiger partial charge in [-0.2, -0.15) is 0 Å². The zero-order valence-electron chi connectivity index (χ0n) is 15.1. The SMILES string of the molecule is CS(=O)(=O)Nc1cccc(CNC(=O)NCCNc2ccc([N+](=O)[O-])cc2)c1. The molecule has 11 heteroatoms. The summed E-state index contributed by atoms with van der Waals surface area (Å²) in [6.45, 7) is 1.03. The predicted octanol–water partition coefficient (Wildman–Crippen LogP) is 1.88. The molecule has 0 fully saturated rings. The lowest BCUT2D eigenvalue weighted by Crippen LogP contribution is -2.37. The number of nitro benzene ring substituents is 1. The Kier molecular flexibility index (Phi) is 7.15. The van der Waals surface area contributed by atoms with Crippen LogP contribution in [-0.4, -0.2) is 38.7 Å². The van der Waals surface area contributed by atoms with E-state index in [0.717, 1.165) is 11.8 Å². The minimum absolute atomic E-state index is 0.0128. The average Bonchev–Trinajstić information content (AvgIpc) is 2.63. The van der Waals surface area contributed by atoms with Gasteiger partial charge in [-0.1, -0.05) is 12.1 Å². The van der Waals surface area contributed by atoms with E-state index in [1.54, 1.807) is 36.4 Å². The normalized spacial score (nSPS) is 10.8. The number of nitro groups is 1. The molecule has 0 aliphatic heterocycles. The Morgan fingerprint density at radius 3 is 2.39 bits per heavy atom. The van der Waals surface area contributed by atoms with Crippen molar-refractivity contribution in [3.63, 3.8) is 0 Å². The number of non-ortho nitro benzene ring substituents is 1. The topological polar surface area (TPSA) is 142 Å². The summed E-state index contributed by atoms with van der Waals surface area (Å²) < 4.78 is 24.9. The van der Waals surface area contributed by atoms with Crippen LogP contribution in [0.25, 0.3) is 0 Å². The second kappa shape index (κ2) is 9.55. The highest BCUT2D eigenvalue weighted by molar-refractivity contribution is 7.92. The van der Waals surface area contributed by atoms with Gasteiger partial charge in [-0.15, -0.1) is 0 Å². The summed E-state index contributed by atoms with van der Waals surface area (Å²) in [6, 6.07) is 12.3. The number of hydrogen-bond donors (Lipinski definition) is 4. The van der Waals surface area contributed by atoms with Gasteiger partial charge in [0.25, 0.3) is 5.69 Å². The van der Waals surface area contributed by atoms with E-state index in [1.807, 2.05) is 0 Å². The van der Waals surface area contributed by atoms with Crippen LogP contribution in [0, 0.1) is 10.1 Å². The van der Waals surface area contributed by atoms with Gasteiger partial charge in [-0.05, 0) is 29.8 Å². The van der Waals surface area contributed by atoms with Crippen molar-refractivity contribution in [3.05, 3.63) is 64.2 Å². The second-order valence-corrected chi connectivity index (χ2v) is 7.66. The average molecular weight is 407 g/mol. The van der Waals surface area contributed by atoms with Gasteiger partial charge in [0.1, 0.15) is 0 Å². The van der Waals surface area contributed by atoms with Crippen molar-refractivity contribution in [3.8, 4) is 0 Å². The zero-order valence-corrected chi connectivity index (χ0v) is 16.0. The first-order chi connectivity index (χ1) is 13.2. The Bertz CT molecular complexity index is 931. The van der Waals surface area contributed by atoms with E-state index < -0.39 is 14.9 Å². The number of nitrogens with zero attached hydrogens (tertiary/aromatic N) is 1. The molecule has 0 heterocycles. The van der Waals surface area contributed by atoms with Crippen molar-refractivity contribution >= 4 is 33.1 Å². The lowest BCUT2D eigenvalue weighted by molar-refractivity contribution is -0.384. The Morgan fingerprint density at radius 1 is 1.04 bits per heavy atom. The van der Waals surface area contributed by atoms with E-state index in [4.69, 9.17) is 0 Å². The third-order valence-corrected chi connectivity index (χ3v) is 4.11. The summed E-state index contributed by atoms with van der Waals surface area (Å²) in [4.78, 5) is 21.9. The summed E-state index contributed by atoms with van der Waals surface area (Å²) in [7, 11) is -3.36. The van der Waals surface area contributed by atoms with Crippen molar-refractivity contribution in [1.29, 1.82) is 0 Å². The largest absolute Gasteiger partial charge is 0.383 e. The number of urea groups is 1. The number of rotatable bonds is 9. The number of amides is 2. The quantitative estimate of drug-likeness (QED) is 0.284. The maximum absolute atomic E-state index is 11.8. The molecule has 0 bridgehead atoms. The van der Waals surface area contributed by atoms with E-state index in [0.29, 0.717) is 24.5 Å². The summed E-state index contributed by atoms with van der Waals surface area (Å²) >= 11 is 0. The van der Waals surface area contributed by atoms with Crippen molar-refractivity contribution in [1.82, 2.24) is 10.6 Å². The summed E-state index contributed by atoms with van der Waals surface area (Å²) in [5.74, 6) is 0. The minimum Gasteiger partial charge on any atom is -0.383 e. The smallest absolute Gasteiger partial charge is 0.315 e. The molecule has 4 N–H and O–H groups in total. The highest BCUT2D eigenvalue weighted by Gasteiger charge is 2.05. The highest BCUT2D eigenvalue weighted by atomic mass is 32.2. The molecule has 0 aliphatic carbocycles. The molecule has 2 aromatic rings. The number of hydrogen-bond acceptors (Lipinski definition) is 6. The molecule has 0 saturated carbocycles. The second-order valence-electron chi connectivity index (χ2n) is 5.91. The van der Waals surface area contributed by atoms with Crippen LogP contribution < -0.4 is 20.7 Å². The van der Waals surface area contributed by atoms with Crippen molar-refractivity contribution in [2.24, 2.45) is 0 Å². The summed E-state index contributed by atoms with van der Waals surface area (Å²) in [5.41, 5.74) is 1.89. The number of carbonyl (C=O) groups excluding carboxylic acids is 1. The Morgan fingerprint density at radius 2 is 1.75 bits per heavy atom. The van der Waals surface area contributed by atoms with E-state index in [1.165, 1.54) is 12.1 Å². The minimum atomic E-state index is -3.36. The monoisotopic (exact) mass is 407 g/mol. The Labute approximate surface area is 162 Å². The van der Waals surface area contributed by atoms with Crippen LogP contribution in [0.3, 0.4) is 0 Å². The van der Waals surface area contributed by atoms with Crippen molar-refractivity contribution in [2.75, 3.05) is 29.4 Å². The molecule has 0 aliphatic rings. The van der Waals surface area contributed by atoms with Crippen LogP contribution in [0.5, 0.6) is 0 Å². The molecule has 0 saturated heterocycles.